The Kier molecular flexibility index (Phi) is 16.6. The fraction of sp³-hybridized carbons (Fsp3) is 0.386. The van der Waals surface area contributed by atoms with Crippen molar-refractivity contribution in [3.63, 3.8) is 0 Å². The fourth-order valence-corrected chi connectivity index (χ4v) is 10.5. The number of hydrazone groups is 1. The zero-order valence-electron chi connectivity index (χ0n) is 45.5. The summed E-state index contributed by atoms with van der Waals surface area (Å²) in [4.78, 5) is 72.4. The molecule has 0 unspecified atom stereocenters. The van der Waals surface area contributed by atoms with Crippen LogP contribution in [-0.4, -0.2) is 139 Å². The van der Waals surface area contributed by atoms with Crippen LogP contribution < -0.4 is 20.4 Å². The second kappa shape index (κ2) is 22.9. The predicted octanol–water partition coefficient (Wildman–Crippen LogP) is 6.72. The van der Waals surface area contributed by atoms with Crippen molar-refractivity contribution in [2.45, 2.75) is 85.6 Å². The van der Waals surface area contributed by atoms with Crippen LogP contribution in [0, 0.1) is 48.0 Å². The molecule has 3 aromatic carbocycles. The number of hydrogen-bond acceptors (Lipinski definition) is 18. The number of halogens is 3. The highest BCUT2D eigenvalue weighted by Gasteiger charge is 2.50. The highest BCUT2D eigenvalue weighted by molar-refractivity contribution is 6.24. The summed E-state index contributed by atoms with van der Waals surface area (Å²) < 4.78 is 69.7. The molecule has 1 saturated heterocycles. The van der Waals surface area contributed by atoms with Crippen molar-refractivity contribution < 1.29 is 81.9 Å². The second-order valence-corrected chi connectivity index (χ2v) is 20.6. The first-order valence-corrected chi connectivity index (χ1v) is 25.8. The van der Waals surface area contributed by atoms with Crippen LogP contribution in [-0.2, 0) is 23.8 Å². The van der Waals surface area contributed by atoms with E-state index in [1.165, 1.54) is 62.9 Å². The molecule has 2 aromatic heterocycles. The number of aliphatic hydroxyl groups excluding tert-OH is 2. The summed E-state index contributed by atoms with van der Waals surface area (Å²) in [5, 5.41) is 76.5. The minimum absolute atomic E-state index is 0.00508. The number of anilines is 2. The van der Waals surface area contributed by atoms with Gasteiger partial charge in [-0.05, 0) is 38.1 Å². The number of benzene rings is 3. The Hall–Kier alpha value is -8.48. The van der Waals surface area contributed by atoms with E-state index in [2.05, 4.69) is 15.4 Å². The van der Waals surface area contributed by atoms with Crippen molar-refractivity contribution in [1.29, 1.82) is 0 Å². The second-order valence-electron chi connectivity index (χ2n) is 20.6. The molecule has 21 nitrogen and oxygen atoms in total. The number of esters is 1. The Morgan fingerprint density at radius 1 is 0.901 bits per heavy atom. The molecule has 1 fully saturated rings. The molecule has 0 spiro atoms. The molecule has 5 aromatic rings. The van der Waals surface area contributed by atoms with Crippen LogP contribution in [0.4, 0.5) is 24.7 Å². The van der Waals surface area contributed by atoms with Gasteiger partial charge in [-0.15, -0.1) is 0 Å². The number of carboxylic acids is 1. The van der Waals surface area contributed by atoms with Crippen LogP contribution in [0.15, 0.2) is 76.5 Å². The Morgan fingerprint density at radius 3 is 2.23 bits per heavy atom. The van der Waals surface area contributed by atoms with Gasteiger partial charge in [-0.3, -0.25) is 28.8 Å². The molecule has 1 amide bonds. The van der Waals surface area contributed by atoms with E-state index in [4.69, 9.17) is 18.9 Å². The van der Waals surface area contributed by atoms with Crippen molar-refractivity contribution in [3.8, 4) is 28.7 Å². The lowest BCUT2D eigenvalue weighted by molar-refractivity contribution is -0.160. The van der Waals surface area contributed by atoms with Gasteiger partial charge in [0.15, 0.2) is 23.0 Å². The standard InChI is InChI=1S/C57H61F3N6O15/c1-25-11-10-12-26(2)55(75)62-43-34(23-61-65-18-16-64(17-19-65)54-37(60)22-33-47(71)35(56(76)77)24-66(53(33)63-54)38-14-13-32(58)21-36(38)59)48(72)40-41(49(43)73)46(70)30(6)51-42(40)52(74)57(8,81-51)79-20-15-39(78-9)27(3)50(80-31(7)67)29(5)45(69)28(4)44(25)68/h10-15,20-25,27-29,39,44-45,50,68-70,72-73H,16-19H2,1-9H3,(H,62,75)(H,76,77)/t25-,27+,28+,29+,39-,44-,45+,50+,57-/m0/s1. The number of ketones is 1. The maximum atomic E-state index is 16.0. The third-order valence-electron chi connectivity index (χ3n) is 15.3. The number of aromatic hydroxyl groups is 3. The molecule has 0 saturated carbocycles. The molecule has 7 N–H and O–H groups in total. The molecule has 4 aliphatic heterocycles. The van der Waals surface area contributed by atoms with Gasteiger partial charge in [0.1, 0.15) is 40.6 Å². The number of Topliss-reactive ketones (excluding diaryl/α,β-unsaturated/α-hetero) is 1. The number of nitrogens with zero attached hydrogens (tertiary/aromatic N) is 5. The number of aromatic nitrogens is 2. The van der Waals surface area contributed by atoms with Gasteiger partial charge in [-0.1, -0.05) is 45.9 Å². The Labute approximate surface area is 461 Å². The van der Waals surface area contributed by atoms with E-state index in [1.807, 2.05) is 0 Å². The summed E-state index contributed by atoms with van der Waals surface area (Å²) in [6.07, 6.45) is 4.77. The fourth-order valence-electron chi connectivity index (χ4n) is 10.5. The molecule has 5 bridgehead atoms. The average molecular weight is 1130 g/mol. The van der Waals surface area contributed by atoms with E-state index < -0.39 is 145 Å². The van der Waals surface area contributed by atoms with Crippen LogP contribution in [0.5, 0.6) is 23.0 Å². The van der Waals surface area contributed by atoms with Gasteiger partial charge in [-0.25, -0.2) is 22.9 Å². The van der Waals surface area contributed by atoms with Crippen molar-refractivity contribution in [2.75, 3.05) is 43.5 Å². The number of rotatable bonds is 7. The lowest BCUT2D eigenvalue weighted by Crippen LogP contribution is -2.46. The van der Waals surface area contributed by atoms with Gasteiger partial charge < -0.3 is 59.8 Å². The molecule has 0 radical (unpaired) electrons. The number of amides is 1. The van der Waals surface area contributed by atoms with E-state index in [1.54, 1.807) is 33.8 Å². The number of carbonyl (C=O) groups excluding carboxylic acids is 3. The minimum atomic E-state index is -2.19. The molecule has 9 atom stereocenters. The number of carbonyl (C=O) groups is 4. The quantitative estimate of drug-likeness (QED) is 0.0385. The van der Waals surface area contributed by atoms with Crippen LogP contribution >= 0.6 is 0 Å². The smallest absolute Gasteiger partial charge is 0.341 e. The first kappa shape index (κ1) is 58.7. The molecule has 4 aliphatic rings. The molecule has 81 heavy (non-hydrogen) atoms. The van der Waals surface area contributed by atoms with Gasteiger partial charge in [0.05, 0.1) is 77.2 Å². The van der Waals surface area contributed by atoms with Gasteiger partial charge in [0.25, 0.3) is 11.7 Å². The number of piperazine rings is 1. The largest absolute Gasteiger partial charge is 0.507 e. The summed E-state index contributed by atoms with van der Waals surface area (Å²) in [5.74, 6) is -14.8. The summed E-state index contributed by atoms with van der Waals surface area (Å²) in [6.45, 7) is 12.0. The van der Waals surface area contributed by atoms with Crippen LogP contribution in [0.3, 0.4) is 0 Å². The Morgan fingerprint density at radius 2 is 1.59 bits per heavy atom. The first-order chi connectivity index (χ1) is 38.2. The molecular formula is C57H61F3N6O15. The average Bonchev–Trinajstić information content (AvgIpc) is 3.69. The zero-order valence-corrected chi connectivity index (χ0v) is 45.5. The van der Waals surface area contributed by atoms with E-state index in [-0.39, 0.29) is 71.3 Å². The van der Waals surface area contributed by atoms with Crippen molar-refractivity contribution in [2.24, 2.45) is 28.8 Å². The summed E-state index contributed by atoms with van der Waals surface area (Å²) in [7, 11) is 1.39. The first-order valence-electron chi connectivity index (χ1n) is 25.8. The number of hydrogen-bond donors (Lipinski definition) is 7. The normalized spacial score (nSPS) is 24.9. The maximum absolute atomic E-state index is 16.0. The van der Waals surface area contributed by atoms with Crippen LogP contribution in [0.25, 0.3) is 27.5 Å². The molecular weight excluding hydrogens is 1070 g/mol. The molecule has 6 heterocycles. The monoisotopic (exact) mass is 1130 g/mol. The highest BCUT2D eigenvalue weighted by Crippen LogP contribution is 2.55. The molecule has 430 valence electrons. The number of carboxylic acid groups (broad SMARTS) is 1. The topological polar surface area (TPSA) is 292 Å². The van der Waals surface area contributed by atoms with E-state index in [0.717, 1.165) is 41.4 Å². The number of allylic oxidation sites excluding steroid dienone is 2. The van der Waals surface area contributed by atoms with Gasteiger partial charge in [0, 0.05) is 86.5 Å². The number of phenols is 3. The molecule has 9 rings (SSSR count). The van der Waals surface area contributed by atoms with Gasteiger partial charge in [-0.2, -0.15) is 5.10 Å². The van der Waals surface area contributed by atoms with Gasteiger partial charge >= 0.3 is 17.7 Å². The van der Waals surface area contributed by atoms with Crippen LogP contribution in [0.2, 0.25) is 0 Å². The predicted molar refractivity (Wildman–Crippen MR) is 289 cm³/mol. The number of aliphatic hydroxyl groups is 2. The number of pyridine rings is 2. The Bertz CT molecular complexity index is 3580. The lowest BCUT2D eigenvalue weighted by Gasteiger charge is -2.38. The Balaban J connectivity index is 1.19. The minimum Gasteiger partial charge on any atom is -0.507 e. The third-order valence-corrected chi connectivity index (χ3v) is 15.3. The lowest BCUT2D eigenvalue weighted by atomic mass is 9.78. The van der Waals surface area contributed by atoms with Crippen LogP contribution in [0.1, 0.15) is 80.3 Å². The number of nitrogens with one attached hydrogen (secondary N) is 1. The zero-order chi connectivity index (χ0) is 59.3. The van der Waals surface area contributed by atoms with Gasteiger partial charge in [0.2, 0.25) is 5.43 Å². The number of fused-ring (bicyclic) bond motifs is 15. The number of methoxy groups -OCH3 is 1. The SMILES string of the molecule is CO[C@H]1C=CO[C@@]2(C)Oc3c(C)c(O)c4c(O)c(c(C=NN5CCN(c6nc7c(cc6F)c(=O)c(C(=O)O)cn7-c6ccc(F)cc6F)CC5)c(O)c4c3C2=O)NC(=O)C(C)=CC=C[C@H](C)[C@H](O)[C@@H](C)[C@@H](O)[C@@H](C)[C@H](OC(C)=O)[C@@H]1C. The van der Waals surface area contributed by atoms with E-state index in [0.29, 0.717) is 6.07 Å². The summed E-state index contributed by atoms with van der Waals surface area (Å²) in [6, 6.07) is 3.24. The highest BCUT2D eigenvalue weighted by atomic mass is 19.1. The number of ether oxygens (including phenoxy) is 4. The van der Waals surface area contributed by atoms with Crippen molar-refractivity contribution in [1.82, 2.24) is 14.6 Å². The number of aromatic carboxylic acids is 1. The summed E-state index contributed by atoms with van der Waals surface area (Å²) >= 11 is 0. The number of phenolic OH excluding ortho intramolecular Hbond substituents is 3. The molecule has 0 aliphatic carbocycles. The maximum Gasteiger partial charge on any atom is 0.341 e. The summed E-state index contributed by atoms with van der Waals surface area (Å²) in [5.41, 5.74) is -3.77. The van der Waals surface area contributed by atoms with Crippen molar-refractivity contribution in [3.05, 3.63) is 117 Å². The third kappa shape index (κ3) is 11.0. The van der Waals surface area contributed by atoms with E-state index >= 15 is 8.78 Å². The van der Waals surface area contributed by atoms with Crippen molar-refractivity contribution >= 4 is 63.2 Å². The molecule has 24 heteroatoms. The van der Waals surface area contributed by atoms with E-state index in [9.17, 15) is 59.0 Å².